The first-order chi connectivity index (χ1) is 13.1. The van der Waals surface area contributed by atoms with Crippen LogP contribution in [0.4, 0.5) is 4.39 Å². The van der Waals surface area contributed by atoms with Gasteiger partial charge >= 0.3 is 0 Å². The molecule has 1 N–H and O–H groups in total. The second kappa shape index (κ2) is 10.1. The van der Waals surface area contributed by atoms with Crippen LogP contribution < -0.4 is 5.32 Å². The summed E-state index contributed by atoms with van der Waals surface area (Å²) >= 11 is 0. The lowest BCUT2D eigenvalue weighted by molar-refractivity contribution is -0.125. The average molecular weight is 366 g/mol. The SMILES string of the molecule is C#CCN(C(=O)c1ccccc1F)C(C(=O)NCCCC)c1ccccc1. The quantitative estimate of drug-likeness (QED) is 0.574. The molecular formula is C22H23FN2O2. The van der Waals surface area contributed by atoms with Crippen LogP contribution in [0.5, 0.6) is 0 Å². The van der Waals surface area contributed by atoms with Crippen LogP contribution in [0.2, 0.25) is 0 Å². The van der Waals surface area contributed by atoms with Gasteiger partial charge in [0.1, 0.15) is 11.9 Å². The Balaban J connectivity index is 2.42. The summed E-state index contributed by atoms with van der Waals surface area (Å²) in [6, 6.07) is 13.6. The summed E-state index contributed by atoms with van der Waals surface area (Å²) < 4.78 is 14.2. The van der Waals surface area contributed by atoms with Crippen LogP contribution in [0.3, 0.4) is 0 Å². The van der Waals surface area contributed by atoms with E-state index in [1.54, 1.807) is 30.3 Å². The predicted octanol–water partition coefficient (Wildman–Crippen LogP) is 3.56. The Morgan fingerprint density at radius 3 is 2.44 bits per heavy atom. The van der Waals surface area contributed by atoms with Gasteiger partial charge < -0.3 is 10.2 Å². The lowest BCUT2D eigenvalue weighted by atomic mass is 10.0. The minimum absolute atomic E-state index is 0.116. The van der Waals surface area contributed by atoms with E-state index in [2.05, 4.69) is 11.2 Å². The molecule has 5 heteroatoms. The molecule has 0 heterocycles. The fourth-order valence-corrected chi connectivity index (χ4v) is 2.76. The van der Waals surface area contributed by atoms with E-state index in [1.807, 2.05) is 13.0 Å². The molecule has 0 saturated heterocycles. The zero-order valence-electron chi connectivity index (χ0n) is 15.3. The van der Waals surface area contributed by atoms with Crippen molar-refractivity contribution in [1.82, 2.24) is 10.2 Å². The first kappa shape index (κ1) is 20.2. The Bertz CT molecular complexity index is 815. The Hall–Kier alpha value is -3.13. The van der Waals surface area contributed by atoms with Crippen LogP contribution in [0.15, 0.2) is 54.6 Å². The minimum atomic E-state index is -0.939. The van der Waals surface area contributed by atoms with E-state index in [4.69, 9.17) is 6.42 Å². The van der Waals surface area contributed by atoms with Crippen molar-refractivity contribution in [2.45, 2.75) is 25.8 Å². The average Bonchev–Trinajstić information content (AvgIpc) is 2.68. The van der Waals surface area contributed by atoms with E-state index in [1.165, 1.54) is 23.1 Å². The molecule has 0 aliphatic heterocycles. The number of terminal acetylenes is 1. The van der Waals surface area contributed by atoms with Crippen LogP contribution >= 0.6 is 0 Å². The van der Waals surface area contributed by atoms with Crippen molar-refractivity contribution < 1.29 is 14.0 Å². The Morgan fingerprint density at radius 2 is 1.81 bits per heavy atom. The third kappa shape index (κ3) is 5.18. The standard InChI is InChI=1S/C22H23FN2O2/c1-3-5-15-24-21(26)20(17-11-7-6-8-12-17)25(16-4-2)22(27)18-13-9-10-14-19(18)23/h2,6-14,20H,3,5,15-16H2,1H3,(H,24,26). The fourth-order valence-electron chi connectivity index (χ4n) is 2.76. The molecule has 0 radical (unpaired) electrons. The Morgan fingerprint density at radius 1 is 1.15 bits per heavy atom. The number of amides is 2. The summed E-state index contributed by atoms with van der Waals surface area (Å²) in [5.74, 6) is 0.804. The van der Waals surface area contributed by atoms with Gasteiger partial charge in [0.15, 0.2) is 0 Å². The summed E-state index contributed by atoms with van der Waals surface area (Å²) in [7, 11) is 0. The van der Waals surface area contributed by atoms with Crippen LogP contribution in [0.25, 0.3) is 0 Å². The molecule has 0 bridgehead atoms. The van der Waals surface area contributed by atoms with Crippen molar-refractivity contribution in [2.24, 2.45) is 0 Å². The second-order valence-electron chi connectivity index (χ2n) is 6.07. The summed E-state index contributed by atoms with van der Waals surface area (Å²) in [5.41, 5.74) is 0.501. The van der Waals surface area contributed by atoms with E-state index >= 15 is 0 Å². The number of rotatable bonds is 8. The summed E-state index contributed by atoms with van der Waals surface area (Å²) in [5, 5.41) is 2.85. The molecule has 2 aromatic rings. The van der Waals surface area contributed by atoms with Gasteiger partial charge in [0.2, 0.25) is 5.91 Å². The number of benzene rings is 2. The highest BCUT2D eigenvalue weighted by atomic mass is 19.1. The van der Waals surface area contributed by atoms with E-state index in [0.29, 0.717) is 12.1 Å². The predicted molar refractivity (Wildman–Crippen MR) is 103 cm³/mol. The zero-order chi connectivity index (χ0) is 19.6. The number of hydrogen-bond acceptors (Lipinski definition) is 2. The van der Waals surface area contributed by atoms with E-state index in [9.17, 15) is 14.0 Å². The van der Waals surface area contributed by atoms with Crippen molar-refractivity contribution >= 4 is 11.8 Å². The lowest BCUT2D eigenvalue weighted by Gasteiger charge is -2.30. The molecule has 27 heavy (non-hydrogen) atoms. The van der Waals surface area contributed by atoms with E-state index in [-0.39, 0.29) is 18.0 Å². The molecular weight excluding hydrogens is 343 g/mol. The van der Waals surface area contributed by atoms with Gasteiger partial charge in [0.25, 0.3) is 5.91 Å². The number of nitrogens with one attached hydrogen (secondary N) is 1. The van der Waals surface area contributed by atoms with Crippen molar-refractivity contribution in [3.8, 4) is 12.3 Å². The largest absolute Gasteiger partial charge is 0.354 e. The van der Waals surface area contributed by atoms with Gasteiger partial charge in [-0.3, -0.25) is 9.59 Å². The summed E-state index contributed by atoms with van der Waals surface area (Å²) in [4.78, 5) is 27.1. The molecule has 140 valence electrons. The molecule has 2 amide bonds. The first-order valence-corrected chi connectivity index (χ1v) is 8.91. The normalized spacial score (nSPS) is 11.3. The summed E-state index contributed by atoms with van der Waals surface area (Å²) in [6.07, 6.45) is 7.20. The minimum Gasteiger partial charge on any atom is -0.354 e. The second-order valence-corrected chi connectivity index (χ2v) is 6.07. The topological polar surface area (TPSA) is 49.4 Å². The lowest BCUT2D eigenvalue weighted by Crippen LogP contribution is -2.44. The number of hydrogen-bond donors (Lipinski definition) is 1. The highest BCUT2D eigenvalue weighted by molar-refractivity contribution is 5.98. The highest BCUT2D eigenvalue weighted by Crippen LogP contribution is 2.24. The monoisotopic (exact) mass is 366 g/mol. The van der Waals surface area contributed by atoms with Crippen molar-refractivity contribution in [3.63, 3.8) is 0 Å². The number of nitrogens with zero attached hydrogens (tertiary/aromatic N) is 1. The van der Waals surface area contributed by atoms with Crippen molar-refractivity contribution in [3.05, 3.63) is 71.5 Å². The fraction of sp³-hybridized carbons (Fsp3) is 0.273. The zero-order valence-corrected chi connectivity index (χ0v) is 15.3. The molecule has 0 aliphatic carbocycles. The van der Waals surface area contributed by atoms with E-state index in [0.717, 1.165) is 12.8 Å². The summed E-state index contributed by atoms with van der Waals surface area (Å²) in [6.45, 7) is 2.40. The van der Waals surface area contributed by atoms with Crippen molar-refractivity contribution in [2.75, 3.05) is 13.1 Å². The highest BCUT2D eigenvalue weighted by Gasteiger charge is 2.32. The third-order valence-electron chi connectivity index (χ3n) is 4.13. The molecule has 2 aromatic carbocycles. The number of unbranched alkanes of at least 4 members (excludes halogenated alkanes) is 1. The van der Waals surface area contributed by atoms with Gasteiger partial charge in [-0.2, -0.15) is 0 Å². The molecule has 0 spiro atoms. The number of halogens is 1. The maximum Gasteiger partial charge on any atom is 0.258 e. The van der Waals surface area contributed by atoms with Crippen molar-refractivity contribution in [1.29, 1.82) is 0 Å². The van der Waals surface area contributed by atoms with Crippen LogP contribution in [0.1, 0.15) is 41.7 Å². The maximum absolute atomic E-state index is 14.2. The molecule has 0 aliphatic rings. The van der Waals surface area contributed by atoms with Gasteiger partial charge in [0, 0.05) is 6.54 Å². The third-order valence-corrected chi connectivity index (χ3v) is 4.13. The van der Waals surface area contributed by atoms with E-state index < -0.39 is 17.8 Å². The molecule has 2 rings (SSSR count). The van der Waals surface area contributed by atoms with Crippen LogP contribution in [-0.4, -0.2) is 29.8 Å². The number of carbonyl (C=O) groups excluding carboxylic acids is 2. The smallest absolute Gasteiger partial charge is 0.258 e. The maximum atomic E-state index is 14.2. The van der Waals surface area contributed by atoms with Gasteiger partial charge in [-0.15, -0.1) is 6.42 Å². The molecule has 0 saturated carbocycles. The molecule has 1 atom stereocenters. The molecule has 4 nitrogen and oxygen atoms in total. The van der Waals surface area contributed by atoms with Gasteiger partial charge in [-0.05, 0) is 24.1 Å². The molecule has 0 fully saturated rings. The Kier molecular flexibility index (Phi) is 7.57. The Labute approximate surface area is 159 Å². The van der Waals surface area contributed by atoms with Gasteiger partial charge in [-0.1, -0.05) is 61.7 Å². The first-order valence-electron chi connectivity index (χ1n) is 8.91. The number of carbonyl (C=O) groups is 2. The molecule has 0 aromatic heterocycles. The van der Waals surface area contributed by atoms with Gasteiger partial charge in [0.05, 0.1) is 12.1 Å². The van der Waals surface area contributed by atoms with Crippen LogP contribution in [0, 0.1) is 18.2 Å². The molecule has 1 unspecified atom stereocenters. The van der Waals surface area contributed by atoms with Crippen LogP contribution in [-0.2, 0) is 4.79 Å². The van der Waals surface area contributed by atoms with Gasteiger partial charge in [-0.25, -0.2) is 4.39 Å².